The number of ether oxygens (including phenoxy) is 2. The van der Waals surface area contributed by atoms with Gasteiger partial charge in [-0.3, -0.25) is 0 Å². The van der Waals surface area contributed by atoms with Crippen molar-refractivity contribution in [3.05, 3.63) is 36.4 Å². The molecular weight excluding hydrogens is 232 g/mol. The van der Waals surface area contributed by atoms with E-state index in [0.717, 1.165) is 5.56 Å². The van der Waals surface area contributed by atoms with Crippen LogP contribution < -0.4 is 4.74 Å². The van der Waals surface area contributed by atoms with Crippen LogP contribution in [0.3, 0.4) is 0 Å². The maximum absolute atomic E-state index is 9.66. The Morgan fingerprint density at radius 2 is 2.06 bits per heavy atom. The minimum absolute atomic E-state index is 0.105. The van der Waals surface area contributed by atoms with Crippen LogP contribution in [0.2, 0.25) is 0 Å². The van der Waals surface area contributed by atoms with Gasteiger partial charge in [-0.1, -0.05) is 24.8 Å². The molecule has 1 unspecified atom stereocenters. The molecule has 1 aliphatic heterocycles. The number of aliphatic hydroxyl groups excluding tert-OH is 2. The van der Waals surface area contributed by atoms with Gasteiger partial charge in [0, 0.05) is 12.8 Å². The Morgan fingerprint density at radius 3 is 2.67 bits per heavy atom. The zero-order valence-electron chi connectivity index (χ0n) is 10.2. The van der Waals surface area contributed by atoms with Gasteiger partial charge in [-0.25, -0.2) is 0 Å². The van der Waals surface area contributed by atoms with Gasteiger partial charge < -0.3 is 19.7 Å². The normalized spacial score (nSPS) is 27.8. The lowest BCUT2D eigenvalue weighted by Crippen LogP contribution is -2.40. The number of aliphatic hydroxyl groups is 2. The first-order valence-electron chi connectivity index (χ1n) is 6.05. The third-order valence-electron chi connectivity index (χ3n) is 2.93. The minimum atomic E-state index is -0.513. The molecule has 4 nitrogen and oxygen atoms in total. The topological polar surface area (TPSA) is 58.9 Å². The summed E-state index contributed by atoms with van der Waals surface area (Å²) < 4.78 is 11.1. The van der Waals surface area contributed by atoms with Crippen LogP contribution in [0.5, 0.6) is 5.75 Å². The highest BCUT2D eigenvalue weighted by Gasteiger charge is 2.29. The fourth-order valence-electron chi connectivity index (χ4n) is 1.98. The van der Waals surface area contributed by atoms with Crippen LogP contribution >= 0.6 is 0 Å². The second kappa shape index (κ2) is 6.00. The Hall–Kier alpha value is -1.36. The van der Waals surface area contributed by atoms with Gasteiger partial charge in [-0.15, -0.1) is 0 Å². The van der Waals surface area contributed by atoms with Crippen molar-refractivity contribution in [2.45, 2.75) is 31.3 Å². The summed E-state index contributed by atoms with van der Waals surface area (Å²) in [5, 5.41) is 18.7. The van der Waals surface area contributed by atoms with Crippen molar-refractivity contribution in [3.8, 4) is 5.75 Å². The van der Waals surface area contributed by atoms with Crippen molar-refractivity contribution in [2.24, 2.45) is 0 Å². The van der Waals surface area contributed by atoms with Crippen LogP contribution in [-0.2, 0) is 4.74 Å². The largest absolute Gasteiger partial charge is 0.465 e. The zero-order chi connectivity index (χ0) is 13.0. The predicted octanol–water partition coefficient (Wildman–Crippen LogP) is 1.57. The van der Waals surface area contributed by atoms with Crippen molar-refractivity contribution in [2.75, 3.05) is 6.61 Å². The molecule has 98 valence electrons. The summed E-state index contributed by atoms with van der Waals surface area (Å²) in [6.07, 6.45) is 1.26. The molecule has 2 N–H and O–H groups in total. The summed E-state index contributed by atoms with van der Waals surface area (Å²) in [5.74, 6) is 0.677. The Kier molecular flexibility index (Phi) is 4.36. The van der Waals surface area contributed by atoms with Crippen LogP contribution in [-0.4, -0.2) is 35.3 Å². The molecule has 0 saturated carbocycles. The predicted molar refractivity (Wildman–Crippen MR) is 68.1 cm³/mol. The van der Waals surface area contributed by atoms with E-state index in [1.54, 1.807) is 6.08 Å². The molecule has 1 aliphatic rings. The second-order valence-electron chi connectivity index (χ2n) is 4.39. The van der Waals surface area contributed by atoms with Crippen molar-refractivity contribution >= 4 is 6.08 Å². The lowest BCUT2D eigenvalue weighted by molar-refractivity contribution is -0.184. The van der Waals surface area contributed by atoms with Gasteiger partial charge in [0.25, 0.3) is 0 Å². The van der Waals surface area contributed by atoms with E-state index in [9.17, 15) is 5.11 Å². The van der Waals surface area contributed by atoms with Gasteiger partial charge in [0.2, 0.25) is 6.29 Å². The Morgan fingerprint density at radius 1 is 1.33 bits per heavy atom. The molecule has 0 aromatic heterocycles. The van der Waals surface area contributed by atoms with Gasteiger partial charge >= 0.3 is 0 Å². The van der Waals surface area contributed by atoms with Crippen molar-refractivity contribution in [1.82, 2.24) is 0 Å². The SMILES string of the molecule is C=Cc1ccc(OC2C[C@@H](O)C[C@@H](CO)O2)cc1. The zero-order valence-corrected chi connectivity index (χ0v) is 10.2. The lowest BCUT2D eigenvalue weighted by atomic mass is 10.1. The average Bonchev–Trinajstić information content (AvgIpc) is 2.39. The molecule has 3 atom stereocenters. The third-order valence-corrected chi connectivity index (χ3v) is 2.93. The van der Waals surface area contributed by atoms with E-state index < -0.39 is 12.4 Å². The Labute approximate surface area is 106 Å². The van der Waals surface area contributed by atoms with E-state index in [1.165, 1.54) is 0 Å². The van der Waals surface area contributed by atoms with Gasteiger partial charge in [0.05, 0.1) is 18.8 Å². The minimum Gasteiger partial charge on any atom is -0.465 e. The highest BCUT2D eigenvalue weighted by atomic mass is 16.7. The van der Waals surface area contributed by atoms with E-state index in [2.05, 4.69) is 6.58 Å². The summed E-state index contributed by atoms with van der Waals surface area (Å²) in [6, 6.07) is 7.45. The molecular formula is C14H18O4. The number of benzene rings is 1. The Balaban J connectivity index is 1.97. The fourth-order valence-corrected chi connectivity index (χ4v) is 1.98. The van der Waals surface area contributed by atoms with Crippen LogP contribution in [0.4, 0.5) is 0 Å². The maximum atomic E-state index is 9.66. The van der Waals surface area contributed by atoms with E-state index in [1.807, 2.05) is 24.3 Å². The fraction of sp³-hybridized carbons (Fsp3) is 0.429. The quantitative estimate of drug-likeness (QED) is 0.851. The summed E-state index contributed by atoms with van der Waals surface area (Å²) in [6.45, 7) is 3.58. The van der Waals surface area contributed by atoms with Crippen LogP contribution in [0.25, 0.3) is 6.08 Å². The van der Waals surface area contributed by atoms with E-state index in [-0.39, 0.29) is 12.7 Å². The molecule has 0 radical (unpaired) electrons. The summed E-state index contributed by atoms with van der Waals surface area (Å²) >= 11 is 0. The highest BCUT2D eigenvalue weighted by Crippen LogP contribution is 2.23. The van der Waals surface area contributed by atoms with Gasteiger partial charge in [0.1, 0.15) is 5.75 Å². The molecule has 2 rings (SSSR count). The lowest BCUT2D eigenvalue weighted by Gasteiger charge is -2.32. The molecule has 0 bridgehead atoms. The molecule has 18 heavy (non-hydrogen) atoms. The van der Waals surface area contributed by atoms with Crippen LogP contribution in [0.1, 0.15) is 18.4 Å². The first-order chi connectivity index (χ1) is 8.71. The van der Waals surface area contributed by atoms with Crippen LogP contribution in [0, 0.1) is 0 Å². The molecule has 0 amide bonds. The second-order valence-corrected chi connectivity index (χ2v) is 4.39. The molecule has 0 spiro atoms. The molecule has 1 fully saturated rings. The van der Waals surface area contributed by atoms with Gasteiger partial charge in [0.15, 0.2) is 0 Å². The molecule has 1 heterocycles. The van der Waals surface area contributed by atoms with Gasteiger partial charge in [-0.05, 0) is 17.7 Å². The van der Waals surface area contributed by atoms with Crippen molar-refractivity contribution < 1.29 is 19.7 Å². The molecule has 1 aromatic rings. The Bertz CT molecular complexity index is 387. The van der Waals surface area contributed by atoms with E-state index in [0.29, 0.717) is 18.6 Å². The van der Waals surface area contributed by atoms with Crippen LogP contribution in [0.15, 0.2) is 30.8 Å². The average molecular weight is 250 g/mol. The third kappa shape index (κ3) is 3.32. The number of rotatable bonds is 4. The number of hydrogen-bond donors (Lipinski definition) is 2. The summed E-state index contributed by atoms with van der Waals surface area (Å²) in [7, 11) is 0. The standard InChI is InChI=1S/C14H18O4/c1-2-10-3-5-12(6-4-10)17-14-8-11(16)7-13(9-15)18-14/h2-6,11,13-16H,1,7-9H2/t11-,13-,14?/m0/s1. The molecule has 1 aromatic carbocycles. The summed E-state index contributed by atoms with van der Waals surface area (Å²) in [5.41, 5.74) is 1.01. The van der Waals surface area contributed by atoms with Gasteiger partial charge in [-0.2, -0.15) is 0 Å². The van der Waals surface area contributed by atoms with Crippen molar-refractivity contribution in [3.63, 3.8) is 0 Å². The monoisotopic (exact) mass is 250 g/mol. The molecule has 4 heteroatoms. The van der Waals surface area contributed by atoms with Crippen molar-refractivity contribution in [1.29, 1.82) is 0 Å². The number of hydrogen-bond acceptors (Lipinski definition) is 4. The van der Waals surface area contributed by atoms with E-state index >= 15 is 0 Å². The maximum Gasteiger partial charge on any atom is 0.202 e. The first kappa shape index (κ1) is 13.1. The van der Waals surface area contributed by atoms with E-state index in [4.69, 9.17) is 14.6 Å². The first-order valence-corrected chi connectivity index (χ1v) is 6.05. The smallest absolute Gasteiger partial charge is 0.202 e. The molecule has 1 saturated heterocycles. The highest BCUT2D eigenvalue weighted by molar-refractivity contribution is 5.48. The molecule has 0 aliphatic carbocycles. The summed E-state index contributed by atoms with van der Waals surface area (Å²) in [4.78, 5) is 0.